The van der Waals surface area contributed by atoms with Gasteiger partial charge in [0.25, 0.3) is 0 Å². The summed E-state index contributed by atoms with van der Waals surface area (Å²) in [7, 11) is 0. The molecule has 1 saturated heterocycles. The smallest absolute Gasteiger partial charge is 0.162 e. The van der Waals surface area contributed by atoms with Crippen LogP contribution in [0.15, 0.2) is 17.6 Å². The number of hydrogen-bond donors (Lipinski definition) is 4. The Morgan fingerprint density at radius 2 is 2.31 bits per heavy atom. The second kappa shape index (κ2) is 7.12. The van der Waals surface area contributed by atoms with Crippen molar-refractivity contribution in [1.29, 1.82) is 5.26 Å². The van der Waals surface area contributed by atoms with Crippen molar-refractivity contribution in [3.05, 3.63) is 28.5 Å². The number of nitriles is 1. The zero-order valence-corrected chi connectivity index (χ0v) is 13.4. The normalized spacial score (nSPS) is 26.4. The fourth-order valence-electron chi connectivity index (χ4n) is 3.19. The molecule has 12 heteroatoms. The summed E-state index contributed by atoms with van der Waals surface area (Å²) in [6, 6.07) is 1.99. The summed E-state index contributed by atoms with van der Waals surface area (Å²) >= 11 is 0. The topological polar surface area (TPSA) is 199 Å². The number of aliphatic hydroxyl groups excluding tert-OH is 3. The molecular formula is C14H16N8O4. The van der Waals surface area contributed by atoms with Gasteiger partial charge >= 0.3 is 0 Å². The van der Waals surface area contributed by atoms with Gasteiger partial charge in [-0.1, -0.05) is 5.11 Å². The monoisotopic (exact) mass is 360 g/mol. The van der Waals surface area contributed by atoms with Gasteiger partial charge in [0.05, 0.1) is 23.7 Å². The van der Waals surface area contributed by atoms with Crippen molar-refractivity contribution in [2.24, 2.45) is 11.0 Å². The first kappa shape index (κ1) is 17.9. The lowest BCUT2D eigenvalue weighted by Crippen LogP contribution is -2.38. The molecule has 0 bridgehead atoms. The molecule has 0 amide bonds. The molecule has 12 nitrogen and oxygen atoms in total. The van der Waals surface area contributed by atoms with Crippen molar-refractivity contribution >= 4 is 16.9 Å². The van der Waals surface area contributed by atoms with E-state index in [1.165, 1.54) is 17.1 Å². The Labute approximate surface area is 146 Å². The molecule has 0 radical (unpaired) electrons. The maximum absolute atomic E-state index is 10.7. The number of aliphatic hydroxyl groups is 3. The number of rotatable bonds is 5. The summed E-state index contributed by atoms with van der Waals surface area (Å²) < 4.78 is 7.16. The van der Waals surface area contributed by atoms with E-state index in [0.29, 0.717) is 5.39 Å². The second-order valence-electron chi connectivity index (χ2n) is 5.83. The molecule has 3 rings (SSSR count). The van der Waals surface area contributed by atoms with Gasteiger partial charge in [-0.3, -0.25) is 0 Å². The zero-order chi connectivity index (χ0) is 18.8. The number of nitrogens with two attached hydrogens (primary N) is 1. The summed E-state index contributed by atoms with van der Waals surface area (Å²) in [6.07, 6.45) is -1.85. The predicted molar refractivity (Wildman–Crippen MR) is 87.2 cm³/mol. The highest BCUT2D eigenvalue weighted by atomic mass is 16.5. The molecule has 0 aliphatic carbocycles. The number of nitrogen functional groups attached to an aromatic ring is 1. The molecule has 0 unspecified atom stereocenters. The van der Waals surface area contributed by atoms with E-state index in [-0.39, 0.29) is 23.6 Å². The molecule has 0 aromatic carbocycles. The number of ether oxygens (including phenoxy) is 1. The zero-order valence-electron chi connectivity index (χ0n) is 13.4. The van der Waals surface area contributed by atoms with Gasteiger partial charge in [0.2, 0.25) is 0 Å². The van der Waals surface area contributed by atoms with Crippen LogP contribution in [0.3, 0.4) is 0 Å². The third kappa shape index (κ3) is 2.80. The third-order valence-corrected chi connectivity index (χ3v) is 4.40. The number of aromatic nitrogens is 3. The summed E-state index contributed by atoms with van der Waals surface area (Å²) in [4.78, 5) is 10.6. The molecule has 2 aromatic heterocycles. The Kier molecular flexibility index (Phi) is 4.90. The first-order valence-electron chi connectivity index (χ1n) is 7.67. The Morgan fingerprint density at radius 1 is 1.54 bits per heavy atom. The van der Waals surface area contributed by atoms with Gasteiger partial charge in [-0.25, -0.2) is 9.97 Å². The number of azide groups is 1. The summed E-state index contributed by atoms with van der Waals surface area (Å²) in [5.74, 6) is -0.657. The van der Waals surface area contributed by atoms with E-state index in [1.54, 1.807) is 0 Å². The van der Waals surface area contributed by atoms with Crippen LogP contribution >= 0.6 is 0 Å². The number of nitrogens with zero attached hydrogens (tertiary/aromatic N) is 7. The molecule has 1 aliphatic heterocycles. The summed E-state index contributed by atoms with van der Waals surface area (Å²) in [6.45, 7) is -0.737. The Hall–Kier alpha value is -2.94. The van der Waals surface area contributed by atoms with Crippen LogP contribution < -0.4 is 5.73 Å². The molecule has 1 aliphatic rings. The molecule has 5 N–H and O–H groups in total. The largest absolute Gasteiger partial charge is 0.394 e. The van der Waals surface area contributed by atoms with Crippen molar-refractivity contribution < 1.29 is 20.1 Å². The highest BCUT2D eigenvalue weighted by molar-refractivity contribution is 5.91. The molecule has 136 valence electrons. The van der Waals surface area contributed by atoms with E-state index in [1.807, 2.05) is 6.07 Å². The second-order valence-corrected chi connectivity index (χ2v) is 5.83. The number of fused-ring (bicyclic) bond motifs is 1. The fraction of sp³-hybridized carbons (Fsp3) is 0.500. The Bertz CT molecular complexity index is 902. The van der Waals surface area contributed by atoms with Crippen LogP contribution in [0.1, 0.15) is 11.8 Å². The van der Waals surface area contributed by atoms with Crippen molar-refractivity contribution in [1.82, 2.24) is 14.5 Å². The third-order valence-electron chi connectivity index (χ3n) is 4.40. The van der Waals surface area contributed by atoms with E-state index < -0.39 is 37.1 Å². The van der Waals surface area contributed by atoms with E-state index in [9.17, 15) is 20.6 Å². The summed E-state index contributed by atoms with van der Waals surface area (Å²) in [5, 5.41) is 43.0. The summed E-state index contributed by atoms with van der Waals surface area (Å²) in [5.41, 5.74) is 14.8. The van der Waals surface area contributed by atoms with Gasteiger partial charge in [0.15, 0.2) is 6.23 Å². The SMILES string of the molecule is N#Cc1cn([C@@H]2O[C@H]([C@H](O)CO)[C@H](CN=[N+]=[N-])[C@H]2O)c2ncnc(N)c12. The van der Waals surface area contributed by atoms with Crippen LogP contribution in [0, 0.1) is 17.2 Å². The van der Waals surface area contributed by atoms with Gasteiger partial charge in [-0.05, 0) is 5.53 Å². The predicted octanol–water partition coefficient (Wildman–Crippen LogP) is -0.577. The average molecular weight is 360 g/mol. The van der Waals surface area contributed by atoms with Crippen molar-refractivity contribution in [2.75, 3.05) is 18.9 Å². The van der Waals surface area contributed by atoms with Crippen molar-refractivity contribution in [3.63, 3.8) is 0 Å². The minimum Gasteiger partial charge on any atom is -0.394 e. The van der Waals surface area contributed by atoms with Gasteiger partial charge in [-0.2, -0.15) is 5.26 Å². The lowest BCUT2D eigenvalue weighted by Gasteiger charge is -2.21. The minimum atomic E-state index is -1.29. The van der Waals surface area contributed by atoms with E-state index in [4.69, 9.17) is 16.0 Å². The van der Waals surface area contributed by atoms with Crippen LogP contribution in [0.5, 0.6) is 0 Å². The van der Waals surface area contributed by atoms with Crippen LogP contribution in [-0.4, -0.2) is 61.3 Å². The standard InChI is InChI=1S/C14H16N8O4/c15-1-6-3-22(13-9(6)12(16)18-5-19-13)14-10(25)7(2-20-21-17)11(26-14)8(24)4-23/h3,5,7-8,10-11,14,23-25H,2,4H2,(H2,16,18,19)/t7-,8-,10-,11+,14-/m1/s1. The van der Waals surface area contributed by atoms with Gasteiger partial charge in [0, 0.05) is 23.6 Å². The molecule has 26 heavy (non-hydrogen) atoms. The van der Waals surface area contributed by atoms with E-state index in [0.717, 1.165) is 0 Å². The maximum atomic E-state index is 10.7. The highest BCUT2D eigenvalue weighted by Crippen LogP contribution is 2.38. The maximum Gasteiger partial charge on any atom is 0.162 e. The fourth-order valence-corrected chi connectivity index (χ4v) is 3.19. The molecule has 5 atom stereocenters. The quantitative estimate of drug-likeness (QED) is 0.308. The van der Waals surface area contributed by atoms with Gasteiger partial charge in [0.1, 0.15) is 36.1 Å². The van der Waals surface area contributed by atoms with Gasteiger partial charge < -0.3 is 30.4 Å². The first-order valence-corrected chi connectivity index (χ1v) is 7.67. The Balaban J connectivity index is 2.07. The van der Waals surface area contributed by atoms with Crippen LogP contribution in [-0.2, 0) is 4.74 Å². The van der Waals surface area contributed by atoms with E-state index in [2.05, 4.69) is 20.0 Å². The lowest BCUT2D eigenvalue weighted by molar-refractivity contribution is -0.0884. The average Bonchev–Trinajstić information content (AvgIpc) is 3.18. The molecule has 0 spiro atoms. The molecule has 2 aromatic rings. The number of hydrogen-bond acceptors (Lipinski definition) is 9. The lowest BCUT2D eigenvalue weighted by atomic mass is 9.94. The minimum absolute atomic E-state index is 0.107. The first-order chi connectivity index (χ1) is 12.5. The Morgan fingerprint density at radius 3 is 2.96 bits per heavy atom. The molecule has 0 saturated carbocycles. The highest BCUT2D eigenvalue weighted by Gasteiger charge is 2.47. The van der Waals surface area contributed by atoms with Crippen molar-refractivity contribution in [2.45, 2.75) is 24.5 Å². The van der Waals surface area contributed by atoms with Gasteiger partial charge in [-0.15, -0.1) is 0 Å². The molecule has 1 fully saturated rings. The van der Waals surface area contributed by atoms with Crippen LogP contribution in [0.25, 0.3) is 21.5 Å². The van der Waals surface area contributed by atoms with Crippen molar-refractivity contribution in [3.8, 4) is 6.07 Å². The van der Waals surface area contributed by atoms with Crippen LogP contribution in [0.2, 0.25) is 0 Å². The van der Waals surface area contributed by atoms with E-state index >= 15 is 0 Å². The molecular weight excluding hydrogens is 344 g/mol. The van der Waals surface area contributed by atoms with Crippen LogP contribution in [0.4, 0.5) is 5.82 Å². The molecule has 3 heterocycles. The number of anilines is 1.